The molecule has 0 saturated carbocycles. The second-order valence-electron chi connectivity index (χ2n) is 7.10. The van der Waals surface area contributed by atoms with Crippen LogP contribution < -0.4 is 0 Å². The number of hydrazone groups is 1. The highest BCUT2D eigenvalue weighted by Crippen LogP contribution is 2.29. The van der Waals surface area contributed by atoms with Gasteiger partial charge in [-0.1, -0.05) is 6.08 Å². The minimum atomic E-state index is -0.625. The number of nitrogens with zero attached hydrogens (tertiary/aromatic N) is 8. The first kappa shape index (κ1) is 20.4. The zero-order valence-electron chi connectivity index (χ0n) is 17.5. The van der Waals surface area contributed by atoms with Gasteiger partial charge in [0.15, 0.2) is 0 Å². The van der Waals surface area contributed by atoms with Crippen molar-refractivity contribution in [2.45, 2.75) is 19.4 Å². The van der Waals surface area contributed by atoms with Crippen molar-refractivity contribution in [2.75, 3.05) is 6.54 Å². The lowest BCUT2D eigenvalue weighted by atomic mass is 10.0. The number of halogens is 1. The zero-order chi connectivity index (χ0) is 22.8. The molecule has 2 aliphatic heterocycles. The van der Waals surface area contributed by atoms with Crippen LogP contribution in [0.1, 0.15) is 35.0 Å². The molecule has 33 heavy (non-hydrogen) atoms. The number of rotatable bonds is 4. The molecular weight excluding hydrogens is 429 g/mol. The number of hydrogen-bond donors (Lipinski definition) is 1. The molecule has 1 atom stereocenters. The molecule has 5 rings (SSSR count). The Morgan fingerprint density at radius 1 is 1.33 bits per heavy atom. The molecule has 3 aromatic heterocycles. The maximum atomic E-state index is 14.1. The van der Waals surface area contributed by atoms with E-state index in [1.54, 1.807) is 37.8 Å². The molecule has 1 N–H and O–H groups in total. The highest BCUT2D eigenvalue weighted by Gasteiger charge is 2.35. The van der Waals surface area contributed by atoms with Crippen molar-refractivity contribution in [2.24, 2.45) is 5.10 Å². The quantitative estimate of drug-likeness (QED) is 0.604. The SMILES string of the molecule is C/C=C1/C(F)=CC=CN1/N=C/[C@H]1c2nc[nH]c2CCN1C(=O)c1nnc(-c2cnccn2)o1. The Labute approximate surface area is 187 Å². The van der Waals surface area contributed by atoms with E-state index in [9.17, 15) is 9.18 Å². The van der Waals surface area contributed by atoms with Gasteiger partial charge in [-0.2, -0.15) is 5.10 Å². The van der Waals surface area contributed by atoms with Crippen LogP contribution in [0.2, 0.25) is 0 Å². The van der Waals surface area contributed by atoms with E-state index in [1.165, 1.54) is 34.6 Å². The minimum absolute atomic E-state index is 0.0903. The first-order valence-electron chi connectivity index (χ1n) is 10.1. The van der Waals surface area contributed by atoms with Gasteiger partial charge >= 0.3 is 11.8 Å². The van der Waals surface area contributed by atoms with E-state index < -0.39 is 17.8 Å². The molecule has 0 spiro atoms. The summed E-state index contributed by atoms with van der Waals surface area (Å²) in [4.78, 5) is 30.4. The van der Waals surface area contributed by atoms with E-state index in [4.69, 9.17) is 4.42 Å². The molecule has 5 heterocycles. The van der Waals surface area contributed by atoms with Crippen LogP contribution in [-0.4, -0.2) is 58.7 Å². The minimum Gasteiger partial charge on any atom is -0.411 e. The average Bonchev–Trinajstić information content (AvgIpc) is 3.53. The summed E-state index contributed by atoms with van der Waals surface area (Å²) in [5.41, 5.74) is 2.20. The Morgan fingerprint density at radius 3 is 3.06 bits per heavy atom. The van der Waals surface area contributed by atoms with Crippen LogP contribution in [0.3, 0.4) is 0 Å². The van der Waals surface area contributed by atoms with Crippen LogP contribution in [0.4, 0.5) is 4.39 Å². The lowest BCUT2D eigenvalue weighted by molar-refractivity contribution is 0.0672. The zero-order valence-corrected chi connectivity index (χ0v) is 17.5. The smallest absolute Gasteiger partial charge is 0.312 e. The van der Waals surface area contributed by atoms with Crippen molar-refractivity contribution < 1.29 is 13.6 Å². The second kappa shape index (κ2) is 8.57. The van der Waals surface area contributed by atoms with E-state index in [1.807, 2.05) is 0 Å². The fraction of sp³-hybridized carbons (Fsp3) is 0.190. The Morgan fingerprint density at radius 2 is 2.24 bits per heavy atom. The van der Waals surface area contributed by atoms with Crippen molar-refractivity contribution in [1.29, 1.82) is 0 Å². The summed E-state index contributed by atoms with van der Waals surface area (Å²) in [7, 11) is 0. The maximum Gasteiger partial charge on any atom is 0.312 e. The third-order valence-electron chi connectivity index (χ3n) is 5.19. The number of imidazole rings is 1. The first-order valence-corrected chi connectivity index (χ1v) is 10.1. The topological polar surface area (TPSA) is 129 Å². The standard InChI is InChI=1S/C21H18FN9O2/c1-2-16-13(22)4-3-8-31(16)27-11-17-18-14(25-12-26-18)5-9-30(17)21(32)20-29-28-19(33-20)15-10-23-6-7-24-15/h2-4,6-8,10-12,17H,5,9H2,1H3,(H,25,26)/b16-2-,27-11+/t17-/m0/s1. The predicted molar refractivity (Wildman–Crippen MR) is 114 cm³/mol. The maximum absolute atomic E-state index is 14.1. The Balaban J connectivity index is 1.44. The van der Waals surface area contributed by atoms with Gasteiger partial charge in [0, 0.05) is 37.3 Å². The molecule has 0 radical (unpaired) electrons. The molecule has 0 bridgehead atoms. The van der Waals surface area contributed by atoms with Crippen LogP contribution in [0, 0.1) is 0 Å². The molecule has 166 valence electrons. The molecular formula is C21H18FN9O2. The summed E-state index contributed by atoms with van der Waals surface area (Å²) in [6, 6.07) is -0.625. The largest absolute Gasteiger partial charge is 0.411 e. The van der Waals surface area contributed by atoms with Crippen molar-refractivity contribution >= 4 is 12.1 Å². The lowest BCUT2D eigenvalue weighted by Crippen LogP contribution is -2.41. The number of aromatic nitrogens is 6. The molecule has 0 aliphatic carbocycles. The number of carbonyl (C=O) groups excluding carboxylic acids is 1. The molecule has 1 amide bonds. The van der Waals surface area contributed by atoms with Gasteiger partial charge in [0.25, 0.3) is 5.89 Å². The highest BCUT2D eigenvalue weighted by atomic mass is 19.1. The van der Waals surface area contributed by atoms with Crippen molar-refractivity contribution in [3.05, 3.63) is 78.1 Å². The van der Waals surface area contributed by atoms with E-state index >= 15 is 0 Å². The normalized spacial score (nSPS) is 19.3. The van der Waals surface area contributed by atoms with Gasteiger partial charge in [0.05, 0.1) is 30.1 Å². The number of nitrogens with one attached hydrogen (secondary N) is 1. The first-order chi connectivity index (χ1) is 16.2. The number of H-pyrrole nitrogens is 1. The summed E-state index contributed by atoms with van der Waals surface area (Å²) in [5.74, 6) is -0.979. The summed E-state index contributed by atoms with van der Waals surface area (Å²) in [5, 5.41) is 13.6. The molecule has 2 aliphatic rings. The van der Waals surface area contributed by atoms with Gasteiger partial charge in [0.1, 0.15) is 17.6 Å². The van der Waals surface area contributed by atoms with Crippen molar-refractivity contribution in [3.63, 3.8) is 0 Å². The van der Waals surface area contributed by atoms with Gasteiger partial charge in [-0.3, -0.25) is 9.78 Å². The fourth-order valence-electron chi connectivity index (χ4n) is 3.62. The van der Waals surface area contributed by atoms with Gasteiger partial charge in [-0.05, 0) is 19.1 Å². The van der Waals surface area contributed by atoms with Crippen LogP contribution >= 0.6 is 0 Å². The molecule has 12 heteroatoms. The fourth-order valence-corrected chi connectivity index (χ4v) is 3.62. The molecule has 0 aromatic carbocycles. The number of hydrogen-bond acceptors (Lipinski definition) is 9. The number of aromatic amines is 1. The number of amides is 1. The number of carbonyl (C=O) groups is 1. The van der Waals surface area contributed by atoms with Gasteiger partial charge in [-0.15, -0.1) is 10.2 Å². The van der Waals surface area contributed by atoms with Gasteiger partial charge < -0.3 is 14.3 Å². The van der Waals surface area contributed by atoms with Crippen LogP contribution in [0.15, 0.2) is 70.4 Å². The lowest BCUT2D eigenvalue weighted by Gasteiger charge is -2.32. The van der Waals surface area contributed by atoms with E-state index in [-0.39, 0.29) is 11.8 Å². The highest BCUT2D eigenvalue weighted by molar-refractivity contribution is 5.92. The Bertz CT molecular complexity index is 1290. The number of allylic oxidation sites excluding steroid dienone is 4. The second-order valence-corrected chi connectivity index (χ2v) is 7.10. The summed E-state index contributed by atoms with van der Waals surface area (Å²) < 4.78 is 19.7. The molecule has 11 nitrogen and oxygen atoms in total. The summed E-state index contributed by atoms with van der Waals surface area (Å²) in [6.07, 6.45) is 14.3. The molecule has 0 fully saturated rings. The Kier molecular flexibility index (Phi) is 5.30. The van der Waals surface area contributed by atoms with E-state index in [2.05, 4.69) is 35.2 Å². The summed E-state index contributed by atoms with van der Waals surface area (Å²) in [6.45, 7) is 2.09. The summed E-state index contributed by atoms with van der Waals surface area (Å²) >= 11 is 0. The van der Waals surface area contributed by atoms with Crippen molar-refractivity contribution in [3.8, 4) is 11.6 Å². The van der Waals surface area contributed by atoms with Gasteiger partial charge in [-0.25, -0.2) is 19.4 Å². The molecule has 0 saturated heterocycles. The van der Waals surface area contributed by atoms with Gasteiger partial charge in [0.2, 0.25) is 0 Å². The monoisotopic (exact) mass is 447 g/mol. The predicted octanol–water partition coefficient (Wildman–Crippen LogP) is 2.56. The average molecular weight is 447 g/mol. The van der Waals surface area contributed by atoms with Crippen LogP contribution in [-0.2, 0) is 6.42 Å². The van der Waals surface area contributed by atoms with Crippen molar-refractivity contribution in [1.82, 2.24) is 40.0 Å². The third kappa shape index (κ3) is 3.82. The van der Waals surface area contributed by atoms with Crippen LogP contribution in [0.25, 0.3) is 11.6 Å². The Hall–Kier alpha value is -4.48. The van der Waals surface area contributed by atoms with Crippen LogP contribution in [0.5, 0.6) is 0 Å². The van der Waals surface area contributed by atoms with E-state index in [0.717, 1.165) is 5.69 Å². The number of fused-ring (bicyclic) bond motifs is 1. The molecule has 3 aromatic rings. The van der Waals surface area contributed by atoms with E-state index in [0.29, 0.717) is 30.1 Å². The molecule has 0 unspecified atom stereocenters. The third-order valence-corrected chi connectivity index (χ3v) is 5.19.